The second-order valence-corrected chi connectivity index (χ2v) is 9.49. The van der Waals surface area contributed by atoms with Crippen molar-refractivity contribution in [3.05, 3.63) is 36.0 Å². The average molecular weight is 547 g/mol. The second kappa shape index (κ2) is 14.7. The largest absolute Gasteiger partial charge is 0.480 e. The van der Waals surface area contributed by atoms with Crippen molar-refractivity contribution >= 4 is 40.6 Å². The molecule has 0 radical (unpaired) electrons. The lowest BCUT2D eigenvalue weighted by atomic mass is 10.00. The van der Waals surface area contributed by atoms with Crippen LogP contribution < -0.4 is 33.2 Å². The zero-order valence-electron chi connectivity index (χ0n) is 22.0. The maximum absolute atomic E-state index is 13.2. The van der Waals surface area contributed by atoms with Crippen LogP contribution in [0.4, 0.5) is 0 Å². The van der Waals surface area contributed by atoms with E-state index < -0.39 is 54.5 Å². The number of fused-ring (bicyclic) bond motifs is 1. The van der Waals surface area contributed by atoms with E-state index in [0.717, 1.165) is 16.5 Å². The molecular formula is C25H38N8O6. The standard InChI is InChI=1S/C25H38N8O6/c1-13(2)20(33-21(35)16(26)10-14-11-30-17-7-4-3-6-15(14)17)23(37)31-18(8-5-9-29-25(27)28)22(36)32-19(12-34)24(38)39/h3-4,6-7,11,13,16,18-20,30,34H,5,8-10,12,26H2,1-2H3,(H,31,37)(H,32,36)(H,33,35)(H,38,39)(H4,27,28,29). The van der Waals surface area contributed by atoms with Gasteiger partial charge in [-0.1, -0.05) is 32.0 Å². The number of rotatable bonds is 15. The number of para-hydroxylation sites is 1. The van der Waals surface area contributed by atoms with E-state index in [9.17, 15) is 24.3 Å². The van der Waals surface area contributed by atoms with E-state index in [1.165, 1.54) is 0 Å². The third-order valence-electron chi connectivity index (χ3n) is 6.07. The summed E-state index contributed by atoms with van der Waals surface area (Å²) >= 11 is 0. The highest BCUT2D eigenvalue weighted by atomic mass is 16.4. The number of nitrogens with one attached hydrogen (secondary N) is 4. The number of aromatic amines is 1. The Labute approximate surface area is 225 Å². The summed E-state index contributed by atoms with van der Waals surface area (Å²) in [4.78, 5) is 57.1. The summed E-state index contributed by atoms with van der Waals surface area (Å²) in [5, 5.41) is 26.8. The molecule has 3 amide bonds. The number of guanidine groups is 1. The van der Waals surface area contributed by atoms with Crippen LogP contribution in [0.2, 0.25) is 0 Å². The molecule has 0 aliphatic rings. The Kier molecular flexibility index (Phi) is 11.7. The molecule has 14 nitrogen and oxygen atoms in total. The fourth-order valence-electron chi connectivity index (χ4n) is 3.92. The molecule has 0 fully saturated rings. The predicted octanol–water partition coefficient (Wildman–Crippen LogP) is -1.72. The summed E-state index contributed by atoms with van der Waals surface area (Å²) in [6, 6.07) is 2.88. The lowest BCUT2D eigenvalue weighted by molar-refractivity contribution is -0.143. The van der Waals surface area contributed by atoms with E-state index in [-0.39, 0.29) is 37.7 Å². The minimum atomic E-state index is -1.56. The first-order valence-electron chi connectivity index (χ1n) is 12.5. The Morgan fingerprint density at radius 1 is 1.00 bits per heavy atom. The number of amides is 3. The van der Waals surface area contributed by atoms with Gasteiger partial charge in [0.1, 0.15) is 18.1 Å². The lowest BCUT2D eigenvalue weighted by Crippen LogP contribution is -2.58. The van der Waals surface area contributed by atoms with Gasteiger partial charge in [-0.25, -0.2) is 4.79 Å². The highest BCUT2D eigenvalue weighted by molar-refractivity contribution is 5.94. The first-order chi connectivity index (χ1) is 18.4. The molecule has 0 bridgehead atoms. The smallest absolute Gasteiger partial charge is 0.328 e. The average Bonchev–Trinajstić information content (AvgIpc) is 3.29. The van der Waals surface area contributed by atoms with Crippen molar-refractivity contribution in [3.8, 4) is 0 Å². The van der Waals surface area contributed by atoms with E-state index in [2.05, 4.69) is 25.9 Å². The third kappa shape index (κ3) is 9.26. The summed E-state index contributed by atoms with van der Waals surface area (Å²) in [5.74, 6) is -3.97. The number of benzene rings is 1. The SMILES string of the molecule is CC(C)C(NC(=O)C(N)Cc1c[nH]c2ccccc12)C(=O)NC(CCCN=C(N)N)C(=O)NC(CO)C(=O)O. The molecule has 0 saturated carbocycles. The first-order valence-corrected chi connectivity index (χ1v) is 12.5. The number of nitrogens with two attached hydrogens (primary N) is 3. The highest BCUT2D eigenvalue weighted by Gasteiger charge is 2.31. The molecule has 4 unspecified atom stereocenters. The normalized spacial score (nSPS) is 14.2. The summed E-state index contributed by atoms with van der Waals surface area (Å²) < 4.78 is 0. The number of carboxylic acid groups (broad SMARTS) is 1. The van der Waals surface area contributed by atoms with Crippen LogP contribution in [0.15, 0.2) is 35.5 Å². The number of nitrogens with zero attached hydrogens (tertiary/aromatic N) is 1. The van der Waals surface area contributed by atoms with Crippen LogP contribution in [0.25, 0.3) is 10.9 Å². The zero-order chi connectivity index (χ0) is 29.1. The molecule has 12 N–H and O–H groups in total. The number of H-pyrrole nitrogens is 1. The second-order valence-electron chi connectivity index (χ2n) is 9.49. The van der Waals surface area contributed by atoms with Crippen molar-refractivity contribution in [3.63, 3.8) is 0 Å². The van der Waals surface area contributed by atoms with Gasteiger partial charge in [-0.2, -0.15) is 0 Å². The number of carbonyl (C=O) groups is 4. The number of carbonyl (C=O) groups excluding carboxylic acids is 3. The molecule has 4 atom stereocenters. The minimum absolute atomic E-state index is 0.0605. The summed E-state index contributed by atoms with van der Waals surface area (Å²) in [7, 11) is 0. The van der Waals surface area contributed by atoms with E-state index in [1.807, 2.05) is 24.3 Å². The van der Waals surface area contributed by atoms with Crippen LogP contribution >= 0.6 is 0 Å². The quantitative estimate of drug-likeness (QED) is 0.0698. The fraction of sp³-hybridized carbons (Fsp3) is 0.480. The van der Waals surface area contributed by atoms with Gasteiger partial charge in [0.15, 0.2) is 5.96 Å². The van der Waals surface area contributed by atoms with Crippen molar-refractivity contribution in [2.45, 2.75) is 57.3 Å². The Morgan fingerprint density at radius 3 is 2.28 bits per heavy atom. The number of aliphatic imine (C=N–C) groups is 1. The number of hydrogen-bond donors (Lipinski definition) is 9. The van der Waals surface area contributed by atoms with Crippen molar-refractivity contribution in [1.82, 2.24) is 20.9 Å². The van der Waals surface area contributed by atoms with E-state index >= 15 is 0 Å². The van der Waals surface area contributed by atoms with Crippen LogP contribution in [0.5, 0.6) is 0 Å². The molecule has 39 heavy (non-hydrogen) atoms. The van der Waals surface area contributed by atoms with Gasteiger partial charge in [0, 0.05) is 23.6 Å². The molecule has 0 spiro atoms. The maximum atomic E-state index is 13.2. The summed E-state index contributed by atoms with van der Waals surface area (Å²) in [6.07, 6.45) is 2.36. The molecule has 14 heteroatoms. The molecule has 0 saturated heterocycles. The molecule has 214 valence electrons. The lowest BCUT2D eigenvalue weighted by Gasteiger charge is -2.27. The van der Waals surface area contributed by atoms with Crippen LogP contribution in [0, 0.1) is 5.92 Å². The van der Waals surface area contributed by atoms with Crippen LogP contribution in [-0.4, -0.2) is 82.2 Å². The molecular weight excluding hydrogens is 508 g/mol. The number of aliphatic carboxylic acids is 1. The van der Waals surface area contributed by atoms with E-state index in [1.54, 1.807) is 20.0 Å². The number of carboxylic acids is 1. The van der Waals surface area contributed by atoms with Crippen LogP contribution in [0.1, 0.15) is 32.3 Å². The number of aliphatic hydroxyl groups is 1. The van der Waals surface area contributed by atoms with Crippen LogP contribution in [0.3, 0.4) is 0 Å². The number of aliphatic hydroxyl groups excluding tert-OH is 1. The number of hydrogen-bond acceptors (Lipinski definition) is 7. The van der Waals surface area contributed by atoms with Gasteiger partial charge in [-0.15, -0.1) is 0 Å². The van der Waals surface area contributed by atoms with Gasteiger partial charge in [0.25, 0.3) is 0 Å². The van der Waals surface area contributed by atoms with Gasteiger partial charge in [0.2, 0.25) is 17.7 Å². The van der Waals surface area contributed by atoms with Crippen molar-refractivity contribution in [1.29, 1.82) is 0 Å². The zero-order valence-corrected chi connectivity index (χ0v) is 22.0. The number of aromatic nitrogens is 1. The van der Waals surface area contributed by atoms with Crippen LogP contribution in [-0.2, 0) is 25.6 Å². The van der Waals surface area contributed by atoms with E-state index in [0.29, 0.717) is 0 Å². The van der Waals surface area contributed by atoms with Crippen molar-refractivity contribution in [2.75, 3.05) is 13.2 Å². The molecule has 0 aliphatic heterocycles. The third-order valence-corrected chi connectivity index (χ3v) is 6.07. The topological polar surface area (TPSA) is 251 Å². The van der Waals surface area contributed by atoms with Gasteiger partial charge in [-0.3, -0.25) is 19.4 Å². The summed E-state index contributed by atoms with van der Waals surface area (Å²) in [5.41, 5.74) is 18.6. The fourth-order valence-corrected chi connectivity index (χ4v) is 3.92. The molecule has 2 rings (SSSR count). The Bertz CT molecular complexity index is 1180. The predicted molar refractivity (Wildman–Crippen MR) is 145 cm³/mol. The first kappa shape index (κ1) is 31.1. The maximum Gasteiger partial charge on any atom is 0.328 e. The molecule has 1 heterocycles. The van der Waals surface area contributed by atoms with Gasteiger partial charge < -0.3 is 48.3 Å². The van der Waals surface area contributed by atoms with Gasteiger partial charge in [-0.05, 0) is 36.8 Å². The molecule has 1 aromatic heterocycles. The Balaban J connectivity index is 2.11. The summed E-state index contributed by atoms with van der Waals surface area (Å²) in [6.45, 7) is 2.76. The molecule has 1 aromatic carbocycles. The Hall–Kier alpha value is -4.17. The van der Waals surface area contributed by atoms with Gasteiger partial charge >= 0.3 is 5.97 Å². The van der Waals surface area contributed by atoms with E-state index in [4.69, 9.17) is 22.3 Å². The molecule has 0 aliphatic carbocycles. The van der Waals surface area contributed by atoms with Gasteiger partial charge in [0.05, 0.1) is 12.6 Å². The van der Waals surface area contributed by atoms with Crippen molar-refractivity contribution in [2.24, 2.45) is 28.1 Å². The minimum Gasteiger partial charge on any atom is -0.480 e. The highest BCUT2D eigenvalue weighted by Crippen LogP contribution is 2.19. The molecule has 2 aromatic rings. The Morgan fingerprint density at radius 2 is 1.67 bits per heavy atom. The van der Waals surface area contributed by atoms with Crippen molar-refractivity contribution < 1.29 is 29.4 Å². The monoisotopic (exact) mass is 546 g/mol.